The monoisotopic (exact) mass is 416 g/mol. The van der Waals surface area contributed by atoms with Crippen molar-refractivity contribution in [1.82, 2.24) is 10.3 Å². The number of fused-ring (bicyclic) bond motifs is 3. The fraction of sp³-hybridized carbons (Fsp3) is 0.211. The molecule has 0 aliphatic heterocycles. The van der Waals surface area contributed by atoms with Crippen molar-refractivity contribution in [2.75, 3.05) is 0 Å². The maximum atomic E-state index is 12.5. The first-order valence-electron chi connectivity index (χ1n) is 7.77. The standard InChI is InChI=1S/C19H17IN2O/c1-11-6-7-17-14(8-11)15-9-12(10-18(15)22-17)21-19(23)13-4-2-3-5-16(13)20/h2-8,12,22H,9-10H2,1H3,(H,21,23). The van der Waals surface area contributed by atoms with Crippen LogP contribution in [0.2, 0.25) is 0 Å². The molecule has 0 bridgehead atoms. The van der Waals surface area contributed by atoms with E-state index in [1.807, 2.05) is 24.3 Å². The maximum Gasteiger partial charge on any atom is 0.252 e. The largest absolute Gasteiger partial charge is 0.358 e. The normalized spacial score (nSPS) is 16.5. The molecule has 1 unspecified atom stereocenters. The van der Waals surface area contributed by atoms with Crippen molar-refractivity contribution in [2.24, 2.45) is 0 Å². The van der Waals surface area contributed by atoms with Gasteiger partial charge in [-0.2, -0.15) is 0 Å². The number of aromatic amines is 1. The molecule has 1 aliphatic carbocycles. The molecule has 0 fully saturated rings. The van der Waals surface area contributed by atoms with Crippen molar-refractivity contribution in [2.45, 2.75) is 25.8 Å². The van der Waals surface area contributed by atoms with Crippen molar-refractivity contribution in [3.05, 3.63) is 68.4 Å². The molecule has 23 heavy (non-hydrogen) atoms. The summed E-state index contributed by atoms with van der Waals surface area (Å²) in [7, 11) is 0. The molecule has 3 aromatic rings. The summed E-state index contributed by atoms with van der Waals surface area (Å²) in [6.07, 6.45) is 1.77. The van der Waals surface area contributed by atoms with E-state index in [4.69, 9.17) is 0 Å². The summed E-state index contributed by atoms with van der Waals surface area (Å²) in [6.45, 7) is 2.12. The molecule has 1 aliphatic rings. The van der Waals surface area contributed by atoms with Gasteiger partial charge in [0.25, 0.3) is 5.91 Å². The van der Waals surface area contributed by atoms with E-state index < -0.39 is 0 Å². The molecule has 1 atom stereocenters. The Bertz CT molecular complexity index is 913. The number of halogens is 1. The Morgan fingerprint density at radius 3 is 2.87 bits per heavy atom. The predicted octanol–water partition coefficient (Wildman–Crippen LogP) is 3.98. The van der Waals surface area contributed by atoms with Crippen molar-refractivity contribution in [3.8, 4) is 0 Å². The van der Waals surface area contributed by atoms with E-state index in [0.29, 0.717) is 0 Å². The van der Waals surface area contributed by atoms with E-state index >= 15 is 0 Å². The highest BCUT2D eigenvalue weighted by Gasteiger charge is 2.27. The highest BCUT2D eigenvalue weighted by atomic mass is 127. The summed E-state index contributed by atoms with van der Waals surface area (Å²) in [6, 6.07) is 14.4. The molecule has 0 spiro atoms. The maximum absolute atomic E-state index is 12.5. The van der Waals surface area contributed by atoms with Crippen LogP contribution in [0.15, 0.2) is 42.5 Å². The zero-order valence-electron chi connectivity index (χ0n) is 12.8. The summed E-state index contributed by atoms with van der Waals surface area (Å²) in [5, 5.41) is 4.48. The number of hydrogen-bond donors (Lipinski definition) is 2. The zero-order valence-corrected chi connectivity index (χ0v) is 15.0. The van der Waals surface area contributed by atoms with Crippen LogP contribution in [0, 0.1) is 10.5 Å². The van der Waals surface area contributed by atoms with Crippen LogP contribution >= 0.6 is 22.6 Å². The van der Waals surface area contributed by atoms with Crippen LogP contribution in [0.25, 0.3) is 10.9 Å². The Hall–Kier alpha value is -1.82. The molecular weight excluding hydrogens is 399 g/mol. The number of nitrogens with one attached hydrogen (secondary N) is 2. The highest BCUT2D eigenvalue weighted by molar-refractivity contribution is 14.1. The third kappa shape index (κ3) is 2.65. The molecule has 1 amide bonds. The molecule has 2 aromatic carbocycles. The molecule has 0 radical (unpaired) electrons. The summed E-state index contributed by atoms with van der Waals surface area (Å²) in [4.78, 5) is 16.0. The quantitative estimate of drug-likeness (QED) is 0.610. The van der Waals surface area contributed by atoms with E-state index in [0.717, 1.165) is 22.0 Å². The molecule has 4 heteroatoms. The van der Waals surface area contributed by atoms with Gasteiger partial charge >= 0.3 is 0 Å². The van der Waals surface area contributed by atoms with E-state index in [1.54, 1.807) is 0 Å². The van der Waals surface area contributed by atoms with E-state index in [-0.39, 0.29) is 11.9 Å². The Balaban J connectivity index is 1.56. The number of aromatic nitrogens is 1. The van der Waals surface area contributed by atoms with Crippen molar-refractivity contribution >= 4 is 39.4 Å². The van der Waals surface area contributed by atoms with E-state index in [9.17, 15) is 4.79 Å². The third-order valence-corrected chi connectivity index (χ3v) is 5.45. The van der Waals surface area contributed by atoms with Crippen LogP contribution in [0.5, 0.6) is 0 Å². The minimum absolute atomic E-state index is 0.0191. The Labute approximate surface area is 148 Å². The van der Waals surface area contributed by atoms with Crippen LogP contribution in [-0.4, -0.2) is 16.9 Å². The minimum Gasteiger partial charge on any atom is -0.358 e. The number of benzene rings is 2. The van der Waals surface area contributed by atoms with Crippen molar-refractivity contribution in [1.29, 1.82) is 0 Å². The van der Waals surface area contributed by atoms with Gasteiger partial charge in [0.2, 0.25) is 0 Å². The Morgan fingerprint density at radius 2 is 2.04 bits per heavy atom. The molecule has 1 aromatic heterocycles. The second kappa shape index (κ2) is 5.67. The van der Waals surface area contributed by atoms with Crippen LogP contribution in [0.1, 0.15) is 27.2 Å². The second-order valence-corrected chi connectivity index (χ2v) is 7.35. The first-order chi connectivity index (χ1) is 11.1. The van der Waals surface area contributed by atoms with Crippen LogP contribution in [0.3, 0.4) is 0 Å². The van der Waals surface area contributed by atoms with Crippen LogP contribution in [0.4, 0.5) is 0 Å². The summed E-state index contributed by atoms with van der Waals surface area (Å²) >= 11 is 2.21. The molecule has 116 valence electrons. The molecule has 4 rings (SSSR count). The smallest absolute Gasteiger partial charge is 0.252 e. The number of aryl methyl sites for hydroxylation is 1. The zero-order chi connectivity index (χ0) is 16.0. The van der Waals surface area contributed by atoms with Gasteiger partial charge in [0.15, 0.2) is 0 Å². The molecule has 3 nitrogen and oxygen atoms in total. The SMILES string of the molecule is Cc1ccc2[nH]c3c(c2c1)CC(NC(=O)c1ccccc1I)C3. The summed E-state index contributed by atoms with van der Waals surface area (Å²) < 4.78 is 0.986. The van der Waals surface area contributed by atoms with Crippen molar-refractivity contribution in [3.63, 3.8) is 0 Å². The van der Waals surface area contributed by atoms with Crippen LogP contribution < -0.4 is 5.32 Å². The van der Waals surface area contributed by atoms with Gasteiger partial charge in [-0.05, 0) is 65.8 Å². The number of hydrogen-bond acceptors (Lipinski definition) is 1. The Morgan fingerprint density at radius 1 is 1.22 bits per heavy atom. The van der Waals surface area contributed by atoms with Gasteiger partial charge in [-0.15, -0.1) is 0 Å². The van der Waals surface area contributed by atoms with Gasteiger partial charge in [-0.25, -0.2) is 0 Å². The lowest BCUT2D eigenvalue weighted by Crippen LogP contribution is -2.35. The summed E-state index contributed by atoms with van der Waals surface area (Å²) in [5.74, 6) is 0.0191. The number of H-pyrrole nitrogens is 1. The van der Waals surface area contributed by atoms with Gasteiger partial charge in [0.1, 0.15) is 0 Å². The molecule has 2 N–H and O–H groups in total. The van der Waals surface area contributed by atoms with Gasteiger partial charge in [0.05, 0.1) is 5.56 Å². The Kier molecular flexibility index (Phi) is 3.64. The second-order valence-electron chi connectivity index (χ2n) is 6.19. The summed E-state index contributed by atoms with van der Waals surface area (Å²) in [5.41, 5.74) is 5.84. The fourth-order valence-corrected chi connectivity index (χ4v) is 4.03. The average Bonchev–Trinajstić information content (AvgIpc) is 3.05. The first-order valence-corrected chi connectivity index (χ1v) is 8.85. The molecule has 0 saturated heterocycles. The van der Waals surface area contributed by atoms with Gasteiger partial charge < -0.3 is 10.3 Å². The third-order valence-electron chi connectivity index (χ3n) is 4.50. The lowest BCUT2D eigenvalue weighted by Gasteiger charge is -2.13. The minimum atomic E-state index is 0.0191. The average molecular weight is 416 g/mol. The number of carbonyl (C=O) groups excluding carboxylic acids is 1. The van der Waals surface area contributed by atoms with Crippen LogP contribution in [-0.2, 0) is 12.8 Å². The lowest BCUT2D eigenvalue weighted by atomic mass is 10.1. The van der Waals surface area contributed by atoms with Gasteiger partial charge in [0, 0.05) is 32.6 Å². The lowest BCUT2D eigenvalue weighted by molar-refractivity contribution is 0.0937. The molecule has 1 heterocycles. The van der Waals surface area contributed by atoms with Crippen molar-refractivity contribution < 1.29 is 4.79 Å². The first kappa shape index (κ1) is 14.8. The predicted molar refractivity (Wildman–Crippen MR) is 101 cm³/mol. The topological polar surface area (TPSA) is 44.9 Å². The molecule has 0 saturated carbocycles. The highest BCUT2D eigenvalue weighted by Crippen LogP contribution is 2.31. The number of amides is 1. The molecular formula is C19H17IN2O. The van der Waals surface area contributed by atoms with Gasteiger partial charge in [-0.1, -0.05) is 23.8 Å². The number of carbonyl (C=O) groups is 1. The van der Waals surface area contributed by atoms with E-state index in [1.165, 1.54) is 27.7 Å². The fourth-order valence-electron chi connectivity index (χ4n) is 3.40. The van der Waals surface area contributed by atoms with Gasteiger partial charge in [-0.3, -0.25) is 4.79 Å². The van der Waals surface area contributed by atoms with E-state index in [2.05, 4.69) is 58.0 Å². The number of rotatable bonds is 2.